The summed E-state index contributed by atoms with van der Waals surface area (Å²) in [5, 5.41) is 8.74. The van der Waals surface area contributed by atoms with Crippen molar-refractivity contribution < 1.29 is 13.2 Å². The number of hydrogen-bond donors (Lipinski definition) is 0. The first kappa shape index (κ1) is 20.1. The van der Waals surface area contributed by atoms with Gasteiger partial charge in [-0.05, 0) is 43.2 Å². The summed E-state index contributed by atoms with van der Waals surface area (Å²) in [6.45, 7) is 8.87. The van der Waals surface area contributed by atoms with E-state index in [1.165, 1.54) is 0 Å². The van der Waals surface area contributed by atoms with Gasteiger partial charge in [0.2, 0.25) is 10.0 Å². The highest BCUT2D eigenvalue weighted by molar-refractivity contribution is 7.89. The van der Waals surface area contributed by atoms with E-state index in [2.05, 4.69) is 20.0 Å². The van der Waals surface area contributed by atoms with Gasteiger partial charge in [0.25, 0.3) is 0 Å². The molecule has 8 nitrogen and oxygen atoms in total. The van der Waals surface area contributed by atoms with Crippen LogP contribution in [0.15, 0.2) is 35.2 Å². The van der Waals surface area contributed by atoms with E-state index in [0.717, 1.165) is 35.9 Å². The predicted octanol–water partition coefficient (Wildman–Crippen LogP) is 1.44. The van der Waals surface area contributed by atoms with E-state index in [1.807, 2.05) is 38.1 Å². The molecule has 2 saturated heterocycles. The Balaban J connectivity index is 1.42. The maximum Gasteiger partial charge on any atom is 0.243 e. The monoisotopic (exact) mass is 417 g/mol. The zero-order valence-corrected chi connectivity index (χ0v) is 17.7. The quantitative estimate of drug-likeness (QED) is 0.745. The zero-order chi connectivity index (χ0) is 20.4. The van der Waals surface area contributed by atoms with E-state index in [-0.39, 0.29) is 0 Å². The van der Waals surface area contributed by atoms with Gasteiger partial charge in [0.15, 0.2) is 11.6 Å². The SMILES string of the molecule is Cc1ccc(C)c(S(=O)(=O)N2CCN(c3ccc(N4CCOCC4)nn3)CC2)c1. The number of piperazine rings is 1. The van der Waals surface area contributed by atoms with E-state index in [9.17, 15) is 8.42 Å². The molecule has 1 aromatic heterocycles. The van der Waals surface area contributed by atoms with Crippen LogP contribution in [-0.2, 0) is 14.8 Å². The van der Waals surface area contributed by atoms with Crippen LogP contribution in [0.1, 0.15) is 11.1 Å². The smallest absolute Gasteiger partial charge is 0.243 e. The molecule has 2 aliphatic heterocycles. The molecule has 0 saturated carbocycles. The Morgan fingerprint density at radius 1 is 0.828 bits per heavy atom. The summed E-state index contributed by atoms with van der Waals surface area (Å²) < 4.78 is 33.1. The van der Waals surface area contributed by atoms with Crippen molar-refractivity contribution in [1.82, 2.24) is 14.5 Å². The normalized spacial score (nSPS) is 18.8. The van der Waals surface area contributed by atoms with Crippen LogP contribution in [0.2, 0.25) is 0 Å². The molecule has 0 atom stereocenters. The third-order valence-corrected chi connectivity index (χ3v) is 7.54. The number of benzene rings is 1. The molecule has 0 spiro atoms. The van der Waals surface area contributed by atoms with Gasteiger partial charge in [-0.1, -0.05) is 12.1 Å². The molecule has 0 unspecified atom stereocenters. The summed E-state index contributed by atoms with van der Waals surface area (Å²) in [7, 11) is -3.49. The first-order valence-electron chi connectivity index (χ1n) is 9.94. The van der Waals surface area contributed by atoms with Crippen LogP contribution in [0.5, 0.6) is 0 Å². The van der Waals surface area contributed by atoms with Crippen LogP contribution in [0, 0.1) is 13.8 Å². The molecule has 0 N–H and O–H groups in total. The summed E-state index contributed by atoms with van der Waals surface area (Å²) in [6, 6.07) is 9.50. The fraction of sp³-hybridized carbons (Fsp3) is 0.500. The van der Waals surface area contributed by atoms with Gasteiger partial charge < -0.3 is 14.5 Å². The van der Waals surface area contributed by atoms with Gasteiger partial charge in [-0.15, -0.1) is 10.2 Å². The molecule has 3 heterocycles. The van der Waals surface area contributed by atoms with Crippen LogP contribution >= 0.6 is 0 Å². The van der Waals surface area contributed by atoms with Gasteiger partial charge in [0, 0.05) is 39.3 Å². The lowest BCUT2D eigenvalue weighted by atomic mass is 10.2. The van der Waals surface area contributed by atoms with Crippen LogP contribution in [0.3, 0.4) is 0 Å². The molecule has 0 bridgehead atoms. The van der Waals surface area contributed by atoms with Crippen molar-refractivity contribution in [3.63, 3.8) is 0 Å². The van der Waals surface area contributed by atoms with E-state index in [0.29, 0.717) is 44.3 Å². The average Bonchev–Trinajstić information content (AvgIpc) is 2.76. The topological polar surface area (TPSA) is 78.9 Å². The number of rotatable bonds is 4. The highest BCUT2D eigenvalue weighted by Crippen LogP contribution is 2.24. The number of anilines is 2. The lowest BCUT2D eigenvalue weighted by molar-refractivity contribution is 0.122. The van der Waals surface area contributed by atoms with Crippen molar-refractivity contribution in [3.8, 4) is 0 Å². The second-order valence-corrected chi connectivity index (χ2v) is 9.42. The van der Waals surface area contributed by atoms with Crippen LogP contribution in [-0.4, -0.2) is 75.4 Å². The van der Waals surface area contributed by atoms with Crippen molar-refractivity contribution in [2.75, 3.05) is 62.3 Å². The molecule has 2 fully saturated rings. The highest BCUT2D eigenvalue weighted by Gasteiger charge is 2.30. The van der Waals surface area contributed by atoms with Crippen molar-refractivity contribution in [2.45, 2.75) is 18.7 Å². The molecule has 156 valence electrons. The molecule has 0 aliphatic carbocycles. The van der Waals surface area contributed by atoms with E-state index in [4.69, 9.17) is 4.74 Å². The molecule has 29 heavy (non-hydrogen) atoms. The Labute approximate surface area is 172 Å². The van der Waals surface area contributed by atoms with Crippen LogP contribution in [0.25, 0.3) is 0 Å². The number of sulfonamides is 1. The van der Waals surface area contributed by atoms with E-state index in [1.54, 1.807) is 10.4 Å². The van der Waals surface area contributed by atoms with Gasteiger partial charge in [0.05, 0.1) is 18.1 Å². The molecule has 0 amide bonds. The minimum absolute atomic E-state index is 0.403. The molecule has 4 rings (SSSR count). The van der Waals surface area contributed by atoms with E-state index >= 15 is 0 Å². The second-order valence-electron chi connectivity index (χ2n) is 7.51. The number of nitrogens with zero attached hydrogens (tertiary/aromatic N) is 5. The number of aryl methyl sites for hydroxylation is 2. The Morgan fingerprint density at radius 3 is 2.00 bits per heavy atom. The minimum atomic E-state index is -3.49. The highest BCUT2D eigenvalue weighted by atomic mass is 32.2. The van der Waals surface area contributed by atoms with Gasteiger partial charge in [-0.25, -0.2) is 8.42 Å². The molecule has 2 aromatic rings. The largest absolute Gasteiger partial charge is 0.378 e. The first-order chi connectivity index (χ1) is 13.9. The van der Waals surface area contributed by atoms with Crippen molar-refractivity contribution >= 4 is 21.7 Å². The third-order valence-electron chi connectivity index (χ3n) is 5.50. The fourth-order valence-corrected chi connectivity index (χ4v) is 5.46. The summed E-state index contributed by atoms with van der Waals surface area (Å²) >= 11 is 0. The summed E-state index contributed by atoms with van der Waals surface area (Å²) in [5.74, 6) is 1.64. The number of ether oxygens (including phenoxy) is 1. The van der Waals surface area contributed by atoms with E-state index < -0.39 is 10.0 Å². The van der Waals surface area contributed by atoms with Crippen molar-refractivity contribution in [1.29, 1.82) is 0 Å². The number of aromatic nitrogens is 2. The lowest BCUT2D eigenvalue weighted by Crippen LogP contribution is -2.49. The Bertz CT molecular complexity index is 951. The first-order valence-corrected chi connectivity index (χ1v) is 11.4. The maximum atomic E-state index is 13.1. The molecule has 0 radical (unpaired) electrons. The second kappa shape index (κ2) is 8.25. The molecule has 9 heteroatoms. The maximum absolute atomic E-state index is 13.1. The molecule has 2 aliphatic rings. The standard InChI is InChI=1S/C20H27N5O3S/c1-16-3-4-17(2)18(15-16)29(26,27)25-9-7-23(8-10-25)19-5-6-20(22-21-19)24-11-13-28-14-12-24/h3-6,15H,7-14H2,1-2H3. The predicted molar refractivity (Wildman–Crippen MR) is 112 cm³/mol. The van der Waals surface area contributed by atoms with Crippen molar-refractivity contribution in [3.05, 3.63) is 41.5 Å². The summed E-state index contributed by atoms with van der Waals surface area (Å²) in [4.78, 5) is 4.65. The molecule has 1 aromatic carbocycles. The summed E-state index contributed by atoms with van der Waals surface area (Å²) in [5.41, 5.74) is 1.73. The Kier molecular flexibility index (Phi) is 5.71. The average molecular weight is 418 g/mol. The minimum Gasteiger partial charge on any atom is -0.378 e. The van der Waals surface area contributed by atoms with Crippen LogP contribution < -0.4 is 9.80 Å². The van der Waals surface area contributed by atoms with Gasteiger partial charge in [-0.2, -0.15) is 4.31 Å². The Morgan fingerprint density at radius 2 is 1.41 bits per heavy atom. The molecular formula is C20H27N5O3S. The zero-order valence-electron chi connectivity index (χ0n) is 16.9. The van der Waals surface area contributed by atoms with Gasteiger partial charge in [0.1, 0.15) is 0 Å². The fourth-order valence-electron chi connectivity index (χ4n) is 3.73. The number of morpholine rings is 1. The van der Waals surface area contributed by atoms with Gasteiger partial charge >= 0.3 is 0 Å². The lowest BCUT2D eigenvalue weighted by Gasteiger charge is -2.35. The third kappa shape index (κ3) is 4.22. The Hall–Kier alpha value is -2.23. The number of hydrogen-bond acceptors (Lipinski definition) is 7. The summed E-state index contributed by atoms with van der Waals surface area (Å²) in [6.07, 6.45) is 0. The molecular weight excluding hydrogens is 390 g/mol. The van der Waals surface area contributed by atoms with Crippen molar-refractivity contribution in [2.24, 2.45) is 0 Å². The van der Waals surface area contributed by atoms with Crippen LogP contribution in [0.4, 0.5) is 11.6 Å². The van der Waals surface area contributed by atoms with Gasteiger partial charge in [-0.3, -0.25) is 0 Å².